The minimum Gasteiger partial charge on any atom is -0.337 e. The maximum Gasteiger partial charge on any atom is 0.417 e. The number of carbonyl (C=O) groups is 1. The molecular weight excluding hydrogens is 439 g/mol. The predicted octanol–water partition coefficient (Wildman–Crippen LogP) is 5.34. The number of aryl methyl sites for hydroxylation is 2. The normalized spacial score (nSPS) is 26.4. The fraction of sp³-hybridized carbons (Fsp3) is 0.556. The highest BCUT2D eigenvalue weighted by atomic mass is 19.4. The first-order valence-corrected chi connectivity index (χ1v) is 12.3. The molecule has 2 fully saturated rings. The summed E-state index contributed by atoms with van der Waals surface area (Å²) in [4.78, 5) is 19.7. The number of rotatable bonds is 4. The smallest absolute Gasteiger partial charge is 0.337 e. The second kappa shape index (κ2) is 8.67. The zero-order valence-corrected chi connectivity index (χ0v) is 19.8. The van der Waals surface area contributed by atoms with Gasteiger partial charge in [-0.05, 0) is 68.2 Å². The number of benzene rings is 1. The average Bonchev–Trinajstić information content (AvgIpc) is 3.35. The van der Waals surface area contributed by atoms with Crippen LogP contribution in [0.3, 0.4) is 0 Å². The Labute approximate surface area is 198 Å². The molecular formula is C27H32F3N3O. The standard InChI is InChI=1S/C27H32F3N3O/c1-17-5-6-19(18(2)10-17)14-31-23-12-21-4-3-8-26(21,13-23)25(34)33-9-7-24-20(16-33)11-22(15-32-24)27(28,29)30/h5-6,10-11,15,21,23,31H,3-4,7-9,12-14,16H2,1-2H3. The topological polar surface area (TPSA) is 45.2 Å². The largest absolute Gasteiger partial charge is 0.417 e. The molecule has 2 heterocycles. The molecule has 2 aliphatic carbocycles. The van der Waals surface area contributed by atoms with E-state index in [0.717, 1.165) is 44.8 Å². The van der Waals surface area contributed by atoms with Crippen molar-refractivity contribution in [1.82, 2.24) is 15.2 Å². The molecule has 0 radical (unpaired) electrons. The van der Waals surface area contributed by atoms with Crippen LogP contribution in [0.2, 0.25) is 0 Å². The van der Waals surface area contributed by atoms with Gasteiger partial charge in [0.05, 0.1) is 11.0 Å². The Kier molecular flexibility index (Phi) is 5.95. The Hall–Kier alpha value is -2.41. The van der Waals surface area contributed by atoms with E-state index >= 15 is 0 Å². The molecule has 1 N–H and O–H groups in total. The predicted molar refractivity (Wildman–Crippen MR) is 124 cm³/mol. The molecule has 0 spiro atoms. The molecule has 1 aromatic carbocycles. The molecule has 3 unspecified atom stereocenters. The number of aromatic nitrogens is 1. The summed E-state index contributed by atoms with van der Waals surface area (Å²) < 4.78 is 39.6. The monoisotopic (exact) mass is 471 g/mol. The van der Waals surface area contributed by atoms with Crippen molar-refractivity contribution in [2.24, 2.45) is 11.3 Å². The molecule has 1 aromatic heterocycles. The highest BCUT2D eigenvalue weighted by molar-refractivity contribution is 5.84. The van der Waals surface area contributed by atoms with Crippen LogP contribution in [0.15, 0.2) is 30.5 Å². The maximum absolute atomic E-state index is 13.9. The molecule has 7 heteroatoms. The van der Waals surface area contributed by atoms with Gasteiger partial charge in [-0.25, -0.2) is 0 Å². The van der Waals surface area contributed by atoms with Crippen LogP contribution in [0.4, 0.5) is 13.2 Å². The first-order chi connectivity index (χ1) is 16.2. The summed E-state index contributed by atoms with van der Waals surface area (Å²) in [6.07, 6.45) is 1.76. The van der Waals surface area contributed by atoms with Crippen LogP contribution in [-0.2, 0) is 30.5 Å². The third-order valence-electron chi connectivity index (χ3n) is 8.30. The summed E-state index contributed by atoms with van der Waals surface area (Å²) in [5.41, 5.74) is 3.89. The minimum atomic E-state index is -4.43. The molecule has 34 heavy (non-hydrogen) atoms. The number of hydrogen-bond acceptors (Lipinski definition) is 3. The summed E-state index contributed by atoms with van der Waals surface area (Å²) in [6, 6.07) is 7.95. The van der Waals surface area contributed by atoms with Gasteiger partial charge >= 0.3 is 6.18 Å². The van der Waals surface area contributed by atoms with Crippen LogP contribution in [-0.4, -0.2) is 28.4 Å². The molecule has 182 valence electrons. The Morgan fingerprint density at radius 1 is 1.26 bits per heavy atom. The van der Waals surface area contributed by atoms with Crippen molar-refractivity contribution in [3.63, 3.8) is 0 Å². The quantitative estimate of drug-likeness (QED) is 0.655. The van der Waals surface area contributed by atoms with E-state index in [-0.39, 0.29) is 23.9 Å². The lowest BCUT2D eigenvalue weighted by molar-refractivity contribution is -0.144. The lowest BCUT2D eigenvalue weighted by Crippen LogP contribution is -2.46. The van der Waals surface area contributed by atoms with Gasteiger partial charge in [-0.1, -0.05) is 30.2 Å². The van der Waals surface area contributed by atoms with E-state index in [9.17, 15) is 18.0 Å². The van der Waals surface area contributed by atoms with Crippen LogP contribution >= 0.6 is 0 Å². The van der Waals surface area contributed by atoms with Crippen molar-refractivity contribution in [3.05, 3.63) is 64.0 Å². The van der Waals surface area contributed by atoms with E-state index in [2.05, 4.69) is 42.3 Å². The summed E-state index contributed by atoms with van der Waals surface area (Å²) in [7, 11) is 0. The lowest BCUT2D eigenvalue weighted by Gasteiger charge is -2.37. The van der Waals surface area contributed by atoms with E-state index in [1.165, 1.54) is 22.8 Å². The van der Waals surface area contributed by atoms with E-state index < -0.39 is 11.7 Å². The number of halogens is 3. The molecule has 2 aromatic rings. The SMILES string of the molecule is Cc1ccc(CNC2CC3CCCC3(C(=O)N3CCc4ncc(C(F)(F)F)cc4C3)C2)c(C)c1. The maximum atomic E-state index is 13.9. The summed E-state index contributed by atoms with van der Waals surface area (Å²) in [6.45, 7) is 5.76. The highest BCUT2D eigenvalue weighted by Gasteiger charge is 2.56. The third kappa shape index (κ3) is 4.23. The first kappa shape index (κ1) is 23.3. The zero-order valence-electron chi connectivity index (χ0n) is 19.8. The van der Waals surface area contributed by atoms with Crippen LogP contribution in [0, 0.1) is 25.2 Å². The van der Waals surface area contributed by atoms with Gasteiger partial charge in [-0.15, -0.1) is 0 Å². The van der Waals surface area contributed by atoms with Crippen molar-refractivity contribution in [3.8, 4) is 0 Å². The fourth-order valence-electron chi connectivity index (χ4n) is 6.52. The van der Waals surface area contributed by atoms with Crippen LogP contribution in [0.5, 0.6) is 0 Å². The van der Waals surface area contributed by atoms with Crippen LogP contribution in [0.25, 0.3) is 0 Å². The van der Waals surface area contributed by atoms with E-state index in [4.69, 9.17) is 0 Å². The summed E-state index contributed by atoms with van der Waals surface area (Å²) in [5, 5.41) is 3.70. The number of nitrogens with one attached hydrogen (secondary N) is 1. The lowest BCUT2D eigenvalue weighted by atomic mass is 9.78. The number of amides is 1. The van der Waals surface area contributed by atoms with E-state index in [1.807, 2.05) is 0 Å². The van der Waals surface area contributed by atoms with Crippen LogP contribution in [0.1, 0.15) is 65.6 Å². The van der Waals surface area contributed by atoms with E-state index in [0.29, 0.717) is 30.1 Å². The second-order valence-corrected chi connectivity index (χ2v) is 10.5. The number of carbonyl (C=O) groups excluding carboxylic acids is 1. The average molecular weight is 472 g/mol. The van der Waals surface area contributed by atoms with Gasteiger partial charge in [0.15, 0.2) is 0 Å². The molecule has 4 nitrogen and oxygen atoms in total. The Bertz CT molecular complexity index is 1100. The Balaban J connectivity index is 1.29. The molecule has 0 bridgehead atoms. The number of hydrogen-bond donors (Lipinski definition) is 1. The van der Waals surface area contributed by atoms with Gasteiger partial charge in [0.1, 0.15) is 0 Å². The zero-order chi connectivity index (χ0) is 24.1. The second-order valence-electron chi connectivity index (χ2n) is 10.5. The molecule has 0 saturated heterocycles. The third-order valence-corrected chi connectivity index (χ3v) is 8.30. The first-order valence-electron chi connectivity index (χ1n) is 12.3. The van der Waals surface area contributed by atoms with Gasteiger partial charge in [-0.3, -0.25) is 9.78 Å². The van der Waals surface area contributed by atoms with Gasteiger partial charge in [0.2, 0.25) is 5.91 Å². The number of nitrogens with zero attached hydrogens (tertiary/aromatic N) is 2. The molecule has 1 amide bonds. The minimum absolute atomic E-state index is 0.133. The highest BCUT2D eigenvalue weighted by Crippen LogP contribution is 2.55. The van der Waals surface area contributed by atoms with Crippen molar-refractivity contribution in [2.75, 3.05) is 6.54 Å². The van der Waals surface area contributed by atoms with Crippen LogP contribution < -0.4 is 5.32 Å². The van der Waals surface area contributed by atoms with Gasteiger partial charge in [0.25, 0.3) is 0 Å². The summed E-state index contributed by atoms with van der Waals surface area (Å²) in [5.74, 6) is 0.478. The Morgan fingerprint density at radius 2 is 2.09 bits per heavy atom. The number of fused-ring (bicyclic) bond motifs is 2. The van der Waals surface area contributed by atoms with Crippen molar-refractivity contribution in [1.29, 1.82) is 0 Å². The Morgan fingerprint density at radius 3 is 2.85 bits per heavy atom. The van der Waals surface area contributed by atoms with Crippen molar-refractivity contribution in [2.45, 2.75) is 77.7 Å². The van der Waals surface area contributed by atoms with Crippen molar-refractivity contribution >= 4 is 5.91 Å². The number of alkyl halides is 3. The molecule has 3 aliphatic rings. The van der Waals surface area contributed by atoms with Crippen molar-refractivity contribution < 1.29 is 18.0 Å². The van der Waals surface area contributed by atoms with Gasteiger partial charge in [-0.2, -0.15) is 13.2 Å². The molecule has 3 atom stereocenters. The summed E-state index contributed by atoms with van der Waals surface area (Å²) >= 11 is 0. The molecule has 5 rings (SSSR count). The van der Waals surface area contributed by atoms with Gasteiger partial charge in [0, 0.05) is 44.0 Å². The van der Waals surface area contributed by atoms with E-state index in [1.54, 1.807) is 4.90 Å². The molecule has 1 aliphatic heterocycles. The molecule has 2 saturated carbocycles. The number of pyridine rings is 1. The van der Waals surface area contributed by atoms with Gasteiger partial charge < -0.3 is 10.2 Å². The fourth-order valence-corrected chi connectivity index (χ4v) is 6.52.